The highest BCUT2D eigenvalue weighted by molar-refractivity contribution is 6.07. The normalized spacial score (nSPS) is 22.9. The van der Waals surface area contributed by atoms with Gasteiger partial charge in [0.05, 0.1) is 5.69 Å². The minimum atomic E-state index is -0.394. The molecule has 2 aliphatic heterocycles. The van der Waals surface area contributed by atoms with E-state index in [1.807, 2.05) is 6.92 Å². The molecule has 5 heteroatoms. The Morgan fingerprint density at radius 1 is 1.32 bits per heavy atom. The van der Waals surface area contributed by atoms with E-state index >= 15 is 0 Å². The van der Waals surface area contributed by atoms with Crippen molar-refractivity contribution in [2.24, 2.45) is 0 Å². The Morgan fingerprint density at radius 3 is 2.89 bits per heavy atom. The number of rotatable bonds is 1. The Hall–Kier alpha value is -1.91. The standard InChI is InChI=1S/C14H15FN2O2/c1-9-4-5-10(15)7-12(9)17-8-13(18)16-6-2-3-11(16)14(17)19/h4-5,7,11H,2-3,6,8H2,1H3. The first kappa shape index (κ1) is 12.1. The molecule has 1 aromatic rings. The molecule has 1 unspecified atom stereocenters. The van der Waals surface area contributed by atoms with Gasteiger partial charge in [-0.2, -0.15) is 0 Å². The second-order valence-corrected chi connectivity index (χ2v) is 5.10. The van der Waals surface area contributed by atoms with E-state index in [2.05, 4.69) is 0 Å². The van der Waals surface area contributed by atoms with Crippen LogP contribution in [0, 0.1) is 12.7 Å². The molecule has 1 aromatic carbocycles. The van der Waals surface area contributed by atoms with Crippen LogP contribution >= 0.6 is 0 Å². The molecule has 4 nitrogen and oxygen atoms in total. The van der Waals surface area contributed by atoms with E-state index in [-0.39, 0.29) is 24.4 Å². The van der Waals surface area contributed by atoms with Crippen molar-refractivity contribution < 1.29 is 14.0 Å². The van der Waals surface area contributed by atoms with Crippen molar-refractivity contribution in [2.75, 3.05) is 18.0 Å². The number of piperazine rings is 1. The third-order valence-corrected chi connectivity index (χ3v) is 3.88. The molecule has 2 amide bonds. The highest BCUT2D eigenvalue weighted by Crippen LogP contribution is 2.29. The van der Waals surface area contributed by atoms with E-state index in [0.717, 1.165) is 12.0 Å². The SMILES string of the molecule is Cc1ccc(F)cc1N1CC(=O)N2CCCC2C1=O. The molecule has 3 rings (SSSR count). The van der Waals surface area contributed by atoms with Gasteiger partial charge in [-0.15, -0.1) is 0 Å². The maximum atomic E-state index is 13.4. The molecule has 0 N–H and O–H groups in total. The van der Waals surface area contributed by atoms with Gasteiger partial charge in [0.15, 0.2) is 0 Å². The molecule has 1 atom stereocenters. The lowest BCUT2D eigenvalue weighted by Gasteiger charge is -2.36. The van der Waals surface area contributed by atoms with Crippen LogP contribution in [0.25, 0.3) is 0 Å². The summed E-state index contributed by atoms with van der Waals surface area (Å²) in [5.74, 6) is -0.536. The summed E-state index contributed by atoms with van der Waals surface area (Å²) in [6.45, 7) is 2.48. The van der Waals surface area contributed by atoms with Gasteiger partial charge in [-0.3, -0.25) is 9.59 Å². The fourth-order valence-corrected chi connectivity index (χ4v) is 2.88. The third-order valence-electron chi connectivity index (χ3n) is 3.88. The van der Waals surface area contributed by atoms with Crippen LogP contribution in [0.15, 0.2) is 18.2 Å². The van der Waals surface area contributed by atoms with Gasteiger partial charge in [-0.1, -0.05) is 6.07 Å². The number of aryl methyl sites for hydroxylation is 1. The van der Waals surface area contributed by atoms with Gasteiger partial charge in [-0.05, 0) is 37.5 Å². The predicted octanol–water partition coefficient (Wildman–Crippen LogP) is 1.47. The summed E-state index contributed by atoms with van der Waals surface area (Å²) in [7, 11) is 0. The monoisotopic (exact) mass is 262 g/mol. The van der Waals surface area contributed by atoms with Gasteiger partial charge in [0.2, 0.25) is 11.8 Å². The van der Waals surface area contributed by atoms with Crippen LogP contribution in [0.1, 0.15) is 18.4 Å². The number of hydrogen-bond donors (Lipinski definition) is 0. The van der Waals surface area contributed by atoms with E-state index in [9.17, 15) is 14.0 Å². The molecule has 19 heavy (non-hydrogen) atoms. The highest BCUT2D eigenvalue weighted by atomic mass is 19.1. The average Bonchev–Trinajstić information content (AvgIpc) is 2.87. The number of fused-ring (bicyclic) bond motifs is 1. The second-order valence-electron chi connectivity index (χ2n) is 5.10. The first-order valence-electron chi connectivity index (χ1n) is 6.45. The first-order valence-corrected chi connectivity index (χ1v) is 6.45. The van der Waals surface area contributed by atoms with Crippen LogP contribution in [0.4, 0.5) is 10.1 Å². The van der Waals surface area contributed by atoms with Gasteiger partial charge in [-0.25, -0.2) is 4.39 Å². The Morgan fingerprint density at radius 2 is 2.11 bits per heavy atom. The molecule has 0 bridgehead atoms. The summed E-state index contributed by atoms with van der Waals surface area (Å²) >= 11 is 0. The van der Waals surface area contributed by atoms with Crippen molar-refractivity contribution in [2.45, 2.75) is 25.8 Å². The Bertz CT molecular complexity index is 558. The molecule has 2 saturated heterocycles. The molecular weight excluding hydrogens is 247 g/mol. The number of benzene rings is 1. The maximum absolute atomic E-state index is 13.4. The lowest BCUT2D eigenvalue weighted by Crippen LogP contribution is -2.57. The molecule has 2 heterocycles. The number of hydrogen-bond acceptors (Lipinski definition) is 2. The second kappa shape index (κ2) is 4.33. The number of carbonyl (C=O) groups excluding carboxylic acids is 2. The minimum absolute atomic E-state index is 0.0135. The van der Waals surface area contributed by atoms with Crippen molar-refractivity contribution in [3.05, 3.63) is 29.6 Å². The Kier molecular flexibility index (Phi) is 2.77. The van der Waals surface area contributed by atoms with Gasteiger partial charge < -0.3 is 9.80 Å². The molecular formula is C14H15FN2O2. The summed E-state index contributed by atoms with van der Waals surface area (Å²) in [6.07, 6.45) is 1.56. The number of nitrogens with zero attached hydrogens (tertiary/aromatic N) is 2. The van der Waals surface area contributed by atoms with E-state index in [4.69, 9.17) is 0 Å². The number of amides is 2. The minimum Gasteiger partial charge on any atom is -0.329 e. The third kappa shape index (κ3) is 1.89. The molecule has 0 saturated carbocycles. The van der Waals surface area contributed by atoms with Crippen molar-refractivity contribution in [1.29, 1.82) is 0 Å². The number of carbonyl (C=O) groups is 2. The van der Waals surface area contributed by atoms with Crippen LogP contribution in [-0.2, 0) is 9.59 Å². The highest BCUT2D eigenvalue weighted by Gasteiger charge is 2.42. The lowest BCUT2D eigenvalue weighted by molar-refractivity contribution is -0.140. The van der Waals surface area contributed by atoms with Crippen LogP contribution < -0.4 is 4.90 Å². The van der Waals surface area contributed by atoms with Crippen molar-refractivity contribution in [1.82, 2.24) is 4.90 Å². The molecule has 0 spiro atoms. The maximum Gasteiger partial charge on any atom is 0.250 e. The molecule has 0 aromatic heterocycles. The molecule has 100 valence electrons. The fraction of sp³-hybridized carbons (Fsp3) is 0.429. The molecule has 2 fully saturated rings. The Balaban J connectivity index is 1.98. The number of anilines is 1. The first-order chi connectivity index (χ1) is 9.08. The van der Waals surface area contributed by atoms with Crippen molar-refractivity contribution in [3.63, 3.8) is 0 Å². The van der Waals surface area contributed by atoms with Crippen LogP contribution in [0.3, 0.4) is 0 Å². The molecule has 0 aliphatic carbocycles. The van der Waals surface area contributed by atoms with Gasteiger partial charge in [0.1, 0.15) is 18.4 Å². The van der Waals surface area contributed by atoms with Gasteiger partial charge in [0.25, 0.3) is 0 Å². The summed E-state index contributed by atoms with van der Waals surface area (Å²) in [5.41, 5.74) is 1.30. The fourth-order valence-electron chi connectivity index (χ4n) is 2.88. The van der Waals surface area contributed by atoms with Crippen LogP contribution in [-0.4, -0.2) is 35.8 Å². The summed E-state index contributed by atoms with van der Waals surface area (Å²) in [6, 6.07) is 3.95. The zero-order valence-corrected chi connectivity index (χ0v) is 10.7. The quantitative estimate of drug-likeness (QED) is 0.769. The summed E-state index contributed by atoms with van der Waals surface area (Å²) in [4.78, 5) is 27.5. The van der Waals surface area contributed by atoms with Crippen molar-refractivity contribution >= 4 is 17.5 Å². The van der Waals surface area contributed by atoms with Gasteiger partial charge >= 0.3 is 0 Å². The average molecular weight is 262 g/mol. The Labute approximate surface area is 110 Å². The van der Waals surface area contributed by atoms with Gasteiger partial charge in [0, 0.05) is 6.54 Å². The molecule has 0 radical (unpaired) electrons. The van der Waals surface area contributed by atoms with E-state index in [1.54, 1.807) is 11.0 Å². The van der Waals surface area contributed by atoms with E-state index < -0.39 is 5.82 Å². The van der Waals surface area contributed by atoms with Crippen LogP contribution in [0.2, 0.25) is 0 Å². The van der Waals surface area contributed by atoms with Crippen LogP contribution in [0.5, 0.6) is 0 Å². The topological polar surface area (TPSA) is 40.6 Å². The zero-order chi connectivity index (χ0) is 13.6. The van der Waals surface area contributed by atoms with E-state index in [0.29, 0.717) is 18.7 Å². The smallest absolute Gasteiger partial charge is 0.250 e. The van der Waals surface area contributed by atoms with Crippen molar-refractivity contribution in [3.8, 4) is 0 Å². The summed E-state index contributed by atoms with van der Waals surface area (Å²) < 4.78 is 13.4. The predicted molar refractivity (Wildman–Crippen MR) is 68.2 cm³/mol. The largest absolute Gasteiger partial charge is 0.329 e. The summed E-state index contributed by atoms with van der Waals surface area (Å²) in [5, 5.41) is 0. The molecule has 2 aliphatic rings. The zero-order valence-electron chi connectivity index (χ0n) is 10.7. The lowest BCUT2D eigenvalue weighted by atomic mass is 10.1. The van der Waals surface area contributed by atoms with E-state index in [1.165, 1.54) is 17.0 Å². The number of halogens is 1.